The number of halogens is 2. The van der Waals surface area contributed by atoms with Crippen LogP contribution in [0.25, 0.3) is 5.52 Å². The molecule has 1 aliphatic heterocycles. The summed E-state index contributed by atoms with van der Waals surface area (Å²) in [4.78, 5) is 25.3. The second-order valence-corrected chi connectivity index (χ2v) is 7.52. The zero-order valence-electron chi connectivity index (χ0n) is 17.8. The Morgan fingerprint density at radius 3 is 2.72 bits per heavy atom. The Kier molecular flexibility index (Phi) is 5.72. The van der Waals surface area contributed by atoms with Gasteiger partial charge < -0.3 is 10.7 Å². The molecule has 1 aliphatic rings. The standard InChI is InChI=1S/C20H22F2N8O2/c1-10(2)16-12(19-24-9-25-29(19)3)7-30-17(16)18(23-8-26-30)27-15-5-11(20(31)28-32-4)13(21)6-14(15)22/h5-10,19H,1-4H3,(H,24,25)(H,28,31)(H,23,26,27). The molecule has 4 rings (SSSR count). The molecular formula is C20H22F2N8O2. The molecule has 3 heterocycles. The van der Waals surface area contributed by atoms with Gasteiger partial charge in [0.15, 0.2) is 5.82 Å². The van der Waals surface area contributed by atoms with Crippen molar-refractivity contribution in [2.24, 2.45) is 4.99 Å². The van der Waals surface area contributed by atoms with Crippen molar-refractivity contribution >= 4 is 29.3 Å². The van der Waals surface area contributed by atoms with Gasteiger partial charge in [-0.3, -0.25) is 9.63 Å². The van der Waals surface area contributed by atoms with Crippen LogP contribution in [-0.4, -0.2) is 46.0 Å². The van der Waals surface area contributed by atoms with Gasteiger partial charge in [-0.1, -0.05) is 13.8 Å². The fourth-order valence-corrected chi connectivity index (χ4v) is 3.71. The number of aliphatic imine (C=N–C) groups is 1. The first-order chi connectivity index (χ1) is 15.3. The molecule has 0 spiro atoms. The van der Waals surface area contributed by atoms with Crippen molar-refractivity contribution in [1.82, 2.24) is 30.5 Å². The van der Waals surface area contributed by atoms with Gasteiger partial charge in [0.1, 0.15) is 29.6 Å². The van der Waals surface area contributed by atoms with Crippen LogP contribution in [0.2, 0.25) is 0 Å². The van der Waals surface area contributed by atoms with Crippen molar-refractivity contribution in [2.75, 3.05) is 19.5 Å². The summed E-state index contributed by atoms with van der Waals surface area (Å²) in [5.41, 5.74) is 7.00. The molecular weight excluding hydrogens is 422 g/mol. The Labute approximate surface area is 182 Å². The van der Waals surface area contributed by atoms with E-state index in [0.29, 0.717) is 17.4 Å². The van der Waals surface area contributed by atoms with Crippen molar-refractivity contribution in [3.63, 3.8) is 0 Å². The number of fused-ring (bicyclic) bond motifs is 1. The van der Waals surface area contributed by atoms with E-state index >= 15 is 0 Å². The van der Waals surface area contributed by atoms with Crippen molar-refractivity contribution in [3.05, 3.63) is 53.0 Å². The highest BCUT2D eigenvalue weighted by Crippen LogP contribution is 2.37. The summed E-state index contributed by atoms with van der Waals surface area (Å²) in [5.74, 6) is -2.38. The SMILES string of the molecule is CONC(=O)c1cc(Nc2ncnn3cc(C4N=CNN4C)c(C(C)C)c23)c(F)cc1F. The Balaban J connectivity index is 1.83. The maximum atomic E-state index is 14.6. The summed E-state index contributed by atoms with van der Waals surface area (Å²) in [5, 5.41) is 9.03. The van der Waals surface area contributed by atoms with E-state index in [1.807, 2.05) is 37.6 Å². The van der Waals surface area contributed by atoms with Crippen LogP contribution in [0.3, 0.4) is 0 Å². The van der Waals surface area contributed by atoms with E-state index in [1.165, 1.54) is 13.4 Å². The van der Waals surface area contributed by atoms with Crippen LogP contribution in [0.4, 0.5) is 20.3 Å². The normalized spacial score (nSPS) is 16.0. The minimum Gasteiger partial charge on any atom is -0.336 e. The summed E-state index contributed by atoms with van der Waals surface area (Å²) >= 11 is 0. The van der Waals surface area contributed by atoms with Crippen LogP contribution in [0.15, 0.2) is 29.6 Å². The Morgan fingerprint density at radius 2 is 2.06 bits per heavy atom. The number of amides is 1. The molecule has 1 atom stereocenters. The highest BCUT2D eigenvalue weighted by Gasteiger charge is 2.28. The number of hydrogen-bond acceptors (Lipinski definition) is 8. The third-order valence-corrected chi connectivity index (χ3v) is 5.09. The number of nitrogens with one attached hydrogen (secondary N) is 3. The largest absolute Gasteiger partial charge is 0.336 e. The smallest absolute Gasteiger partial charge is 0.277 e. The second-order valence-electron chi connectivity index (χ2n) is 7.52. The quantitative estimate of drug-likeness (QED) is 0.502. The molecule has 0 saturated carbocycles. The molecule has 168 valence electrons. The number of carbonyl (C=O) groups is 1. The topological polar surface area (TPSA) is 108 Å². The molecule has 0 saturated heterocycles. The molecule has 0 aliphatic carbocycles. The minimum atomic E-state index is -1.02. The van der Waals surface area contributed by atoms with Crippen molar-refractivity contribution < 1.29 is 18.4 Å². The van der Waals surface area contributed by atoms with E-state index in [2.05, 4.69) is 30.7 Å². The average Bonchev–Trinajstić information content (AvgIpc) is 3.33. The van der Waals surface area contributed by atoms with Crippen LogP contribution in [0.5, 0.6) is 0 Å². The molecule has 0 radical (unpaired) electrons. The summed E-state index contributed by atoms with van der Waals surface area (Å²) in [6, 6.07) is 1.70. The first-order valence-corrected chi connectivity index (χ1v) is 9.78. The maximum absolute atomic E-state index is 14.6. The van der Waals surface area contributed by atoms with Gasteiger partial charge in [-0.25, -0.2) is 28.8 Å². The monoisotopic (exact) mass is 444 g/mol. The number of anilines is 2. The fraction of sp³-hybridized carbons (Fsp3) is 0.300. The molecule has 2 aromatic heterocycles. The van der Waals surface area contributed by atoms with E-state index in [0.717, 1.165) is 17.2 Å². The van der Waals surface area contributed by atoms with Gasteiger partial charge in [-0.15, -0.1) is 0 Å². The fourth-order valence-electron chi connectivity index (χ4n) is 3.71. The lowest BCUT2D eigenvalue weighted by molar-refractivity contribution is 0.0533. The van der Waals surface area contributed by atoms with E-state index < -0.39 is 17.5 Å². The number of nitrogens with zero attached hydrogens (tertiary/aromatic N) is 5. The lowest BCUT2D eigenvalue weighted by Gasteiger charge is -2.19. The number of hydrogen-bond donors (Lipinski definition) is 3. The molecule has 12 heteroatoms. The average molecular weight is 444 g/mol. The van der Waals surface area contributed by atoms with Crippen LogP contribution in [0.1, 0.15) is 47.4 Å². The zero-order valence-corrected chi connectivity index (χ0v) is 17.8. The van der Waals surface area contributed by atoms with Crippen LogP contribution >= 0.6 is 0 Å². The molecule has 0 fully saturated rings. The van der Waals surface area contributed by atoms with Gasteiger partial charge in [0.2, 0.25) is 0 Å². The molecule has 0 bridgehead atoms. The Morgan fingerprint density at radius 1 is 1.28 bits per heavy atom. The first kappa shape index (κ1) is 21.6. The third kappa shape index (κ3) is 3.74. The lowest BCUT2D eigenvalue weighted by Crippen LogP contribution is -2.29. The van der Waals surface area contributed by atoms with E-state index in [9.17, 15) is 13.6 Å². The second kappa shape index (κ2) is 8.48. The van der Waals surface area contributed by atoms with Crippen LogP contribution < -0.4 is 16.2 Å². The van der Waals surface area contributed by atoms with Crippen molar-refractivity contribution in [3.8, 4) is 0 Å². The number of aromatic nitrogens is 3. The van der Waals surface area contributed by atoms with Gasteiger partial charge in [0.25, 0.3) is 5.91 Å². The van der Waals surface area contributed by atoms with Crippen molar-refractivity contribution in [2.45, 2.75) is 25.9 Å². The Bertz CT molecular complexity index is 1210. The maximum Gasteiger partial charge on any atom is 0.277 e. The summed E-state index contributed by atoms with van der Waals surface area (Å²) in [7, 11) is 3.09. The molecule has 3 N–H and O–H groups in total. The number of hydroxylamine groups is 1. The molecule has 1 unspecified atom stereocenters. The first-order valence-electron chi connectivity index (χ1n) is 9.78. The van der Waals surface area contributed by atoms with Crippen LogP contribution in [-0.2, 0) is 4.84 Å². The highest BCUT2D eigenvalue weighted by molar-refractivity contribution is 5.95. The Hall–Kier alpha value is -3.64. The van der Waals surface area contributed by atoms with Crippen molar-refractivity contribution in [1.29, 1.82) is 0 Å². The number of carbonyl (C=O) groups excluding carboxylic acids is 1. The summed E-state index contributed by atoms with van der Waals surface area (Å²) in [6.07, 6.45) is 4.52. The summed E-state index contributed by atoms with van der Waals surface area (Å²) in [6.45, 7) is 4.04. The zero-order chi connectivity index (χ0) is 23.0. The van der Waals surface area contributed by atoms with Gasteiger partial charge in [-0.05, 0) is 17.5 Å². The predicted octanol–water partition coefficient (Wildman–Crippen LogP) is 2.64. The predicted molar refractivity (Wildman–Crippen MR) is 113 cm³/mol. The van der Waals surface area contributed by atoms with Gasteiger partial charge in [0, 0.05) is 24.9 Å². The van der Waals surface area contributed by atoms with Gasteiger partial charge in [-0.2, -0.15) is 10.1 Å². The minimum absolute atomic E-state index is 0.0619. The van der Waals surface area contributed by atoms with Gasteiger partial charge in [0.05, 0.1) is 24.7 Å². The third-order valence-electron chi connectivity index (χ3n) is 5.09. The number of rotatable bonds is 6. The number of hydrazine groups is 1. The molecule has 1 aromatic carbocycles. The van der Waals surface area contributed by atoms with E-state index in [4.69, 9.17) is 0 Å². The van der Waals surface area contributed by atoms with Gasteiger partial charge >= 0.3 is 0 Å². The molecule has 1 amide bonds. The number of benzene rings is 1. The molecule has 3 aromatic rings. The van der Waals surface area contributed by atoms with E-state index in [1.54, 1.807) is 10.9 Å². The van der Waals surface area contributed by atoms with E-state index in [-0.39, 0.29) is 23.3 Å². The lowest BCUT2D eigenvalue weighted by atomic mass is 9.98. The molecule has 32 heavy (non-hydrogen) atoms. The highest BCUT2D eigenvalue weighted by atomic mass is 19.1. The summed E-state index contributed by atoms with van der Waals surface area (Å²) < 4.78 is 30.4. The van der Waals surface area contributed by atoms with Crippen LogP contribution in [0, 0.1) is 11.6 Å². The molecule has 10 nitrogen and oxygen atoms in total.